The van der Waals surface area contributed by atoms with E-state index in [-0.39, 0.29) is 53.9 Å². The van der Waals surface area contributed by atoms with E-state index in [1.54, 1.807) is 62.3 Å². The van der Waals surface area contributed by atoms with Gasteiger partial charge >= 0.3 is 11.9 Å². The molecule has 490 valence electrons. The van der Waals surface area contributed by atoms with Gasteiger partial charge in [0, 0.05) is 46.8 Å². The third kappa shape index (κ3) is 13.7. The minimum Gasteiger partial charge on any atom is -0.458 e. The molecule has 0 spiro atoms. The fraction of sp³-hybridized carbons (Fsp3) is 0.613. The summed E-state index contributed by atoms with van der Waals surface area (Å²) in [6.07, 6.45) is -1.65. The number of rotatable bonds is 8. The molecular formula is C62H86N12O16. The van der Waals surface area contributed by atoms with Crippen molar-refractivity contribution in [3.05, 3.63) is 44.6 Å². The van der Waals surface area contributed by atoms with Crippen LogP contribution in [0.5, 0.6) is 0 Å². The molecule has 28 heteroatoms. The highest BCUT2D eigenvalue weighted by molar-refractivity contribution is 6.10. The van der Waals surface area contributed by atoms with Crippen molar-refractivity contribution in [1.82, 2.24) is 55.7 Å². The number of nitrogens with zero attached hydrogens (tertiary/aromatic N) is 7. The zero-order chi connectivity index (χ0) is 67.0. The van der Waals surface area contributed by atoms with Gasteiger partial charge in [0.05, 0.1) is 29.9 Å². The number of esters is 2. The molecule has 5 aliphatic heterocycles. The van der Waals surface area contributed by atoms with E-state index in [1.807, 2.05) is 0 Å². The Hall–Kier alpha value is -8.72. The number of hydrogen-bond acceptors (Lipinski definition) is 18. The van der Waals surface area contributed by atoms with Crippen molar-refractivity contribution >= 4 is 87.8 Å². The van der Waals surface area contributed by atoms with Gasteiger partial charge in [-0.1, -0.05) is 61.5 Å². The SMILES string of the molecule is Cc1c2oc3c(C)ccc(C(=O)N[C@@H]4C(=O)N[C@H](C(C)C)C(=O)N5CCC[C@H]5C(=O)N(C)CC(=O)N(C)[C@@H](C(C)C)C(=O)O[C@@H]4C)c3nc-2c(C(=O)N[C@@H]2C(=O)N[C@H](C(C)C)C(=O)N3CCC[C@H]3C(=O)N(C)CC(=O)N(C)[C@@H](C(C)C)C(=O)OC2C)c(N)c1=O. The van der Waals surface area contributed by atoms with Gasteiger partial charge in [-0.25, -0.2) is 14.6 Å². The molecule has 4 saturated heterocycles. The summed E-state index contributed by atoms with van der Waals surface area (Å²) in [5, 5.41) is 10.7. The van der Waals surface area contributed by atoms with Crippen LogP contribution in [0, 0.1) is 37.5 Å². The van der Waals surface area contributed by atoms with Crippen LogP contribution in [0.4, 0.5) is 5.69 Å². The smallest absolute Gasteiger partial charge is 0.329 e. The average Bonchev–Trinajstić information content (AvgIpc) is 0.893. The van der Waals surface area contributed by atoms with E-state index in [2.05, 4.69) is 21.3 Å². The van der Waals surface area contributed by atoms with Crippen LogP contribution in [0.1, 0.15) is 127 Å². The van der Waals surface area contributed by atoms with Crippen molar-refractivity contribution in [2.45, 2.75) is 169 Å². The number of nitrogens with two attached hydrogens (primary N) is 1. The van der Waals surface area contributed by atoms with Crippen LogP contribution in [0.2, 0.25) is 0 Å². The summed E-state index contributed by atoms with van der Waals surface area (Å²) in [5.41, 5.74) is 3.57. The van der Waals surface area contributed by atoms with Crippen molar-refractivity contribution in [2.24, 2.45) is 23.7 Å². The number of nitrogens with one attached hydrogen (secondary N) is 4. The first-order chi connectivity index (χ1) is 42.1. The van der Waals surface area contributed by atoms with Gasteiger partial charge in [0.2, 0.25) is 52.7 Å². The van der Waals surface area contributed by atoms with Crippen molar-refractivity contribution < 1.29 is 71.4 Å². The molecule has 1 aliphatic carbocycles. The Morgan fingerprint density at radius 1 is 0.611 bits per heavy atom. The Labute approximate surface area is 522 Å². The summed E-state index contributed by atoms with van der Waals surface area (Å²) < 4.78 is 18.3. The van der Waals surface area contributed by atoms with Crippen LogP contribution in [0.15, 0.2) is 21.3 Å². The molecule has 1 aromatic carbocycles. The standard InChI is InChI=1S/C62H86N12O16/c1-27(2)42-59(84)73-23-17-19-36(73)57(82)69(13)25-38(75)71(15)48(29(5)6)61(86)88-33(11)44(55(80)65-42)67-53(78)35-22-21-31(9)51-46(35)64-47-40(41(63)50(77)32(10)52(47)90-51)54(79)68-45-34(12)89-62(87)49(30(7)8)72(16)39(76)26-70(14)58(83)37-20-18-24-74(37)60(85)43(28(3)4)66-56(45)81/h21-22,27-30,33-34,36-37,42-45,48-49H,17-20,23-26,63H2,1-16H3,(H,65,80)(H,66,81)(H,67,78)(H,68,79)/t33-,34?,36+,37+,42-,43-,44+,45+,48+,49+/m1/s1. The van der Waals surface area contributed by atoms with Crippen LogP contribution in [0.3, 0.4) is 0 Å². The summed E-state index contributed by atoms with van der Waals surface area (Å²) in [6.45, 7) is 18.4. The topological polar surface area (TPSA) is 360 Å². The second-order valence-corrected chi connectivity index (χ2v) is 25.5. The van der Waals surface area contributed by atoms with Gasteiger partial charge in [0.1, 0.15) is 71.8 Å². The molecule has 6 aliphatic rings. The molecule has 0 bridgehead atoms. The molecule has 1 unspecified atom stereocenters. The number of benzene rings is 2. The van der Waals surface area contributed by atoms with Crippen LogP contribution in [-0.2, 0) is 57.4 Å². The maximum atomic E-state index is 15.2. The van der Waals surface area contributed by atoms with Gasteiger partial charge in [-0.3, -0.25) is 52.7 Å². The van der Waals surface area contributed by atoms with E-state index in [9.17, 15) is 52.7 Å². The molecule has 10 atom stereocenters. The quantitative estimate of drug-likeness (QED) is 0.118. The lowest BCUT2D eigenvalue weighted by atomic mass is 9.98. The van der Waals surface area contributed by atoms with Gasteiger partial charge in [0.15, 0.2) is 11.3 Å². The van der Waals surface area contributed by atoms with Gasteiger partial charge in [0.25, 0.3) is 11.8 Å². The molecule has 4 fully saturated rings. The number of carbonyl (C=O) groups is 12. The Balaban J connectivity index is 1.32. The van der Waals surface area contributed by atoms with Gasteiger partial charge in [-0.05, 0) is 88.7 Å². The molecule has 28 nitrogen and oxygen atoms in total. The minimum atomic E-state index is -1.88. The third-order valence-electron chi connectivity index (χ3n) is 17.5. The summed E-state index contributed by atoms with van der Waals surface area (Å²) in [7, 11) is 5.59. The molecular weight excluding hydrogens is 1170 g/mol. The highest BCUT2D eigenvalue weighted by Crippen LogP contribution is 2.35. The molecule has 90 heavy (non-hydrogen) atoms. The monoisotopic (exact) mass is 1250 g/mol. The lowest BCUT2D eigenvalue weighted by Gasteiger charge is -2.36. The summed E-state index contributed by atoms with van der Waals surface area (Å²) >= 11 is 0. The molecule has 10 amide bonds. The number of amides is 10. The Bertz CT molecular complexity index is 3420. The second-order valence-electron chi connectivity index (χ2n) is 25.5. The lowest BCUT2D eigenvalue weighted by molar-refractivity contribution is -0.163. The third-order valence-corrected chi connectivity index (χ3v) is 17.5. The number of hydrogen-bond donors (Lipinski definition) is 5. The Morgan fingerprint density at radius 2 is 1.03 bits per heavy atom. The van der Waals surface area contributed by atoms with Crippen molar-refractivity contribution in [3.8, 4) is 11.5 Å². The van der Waals surface area contributed by atoms with Gasteiger partial charge < -0.3 is 70.3 Å². The zero-order valence-corrected chi connectivity index (χ0v) is 54.1. The fourth-order valence-electron chi connectivity index (χ4n) is 12.3. The maximum Gasteiger partial charge on any atom is 0.329 e. The predicted octanol–water partition coefficient (Wildman–Crippen LogP) is 0.726. The van der Waals surface area contributed by atoms with Crippen LogP contribution in [-0.4, -0.2) is 220 Å². The molecule has 0 aromatic heterocycles. The number of aryl methyl sites for hydroxylation is 1. The normalized spacial score (nSPS) is 26.2. The number of carbonyl (C=O) groups excluding carboxylic acids is 12. The molecule has 0 saturated carbocycles. The van der Waals surface area contributed by atoms with E-state index in [0.29, 0.717) is 18.4 Å². The van der Waals surface area contributed by atoms with Crippen LogP contribution in [0.25, 0.3) is 22.6 Å². The van der Waals surface area contributed by atoms with Gasteiger partial charge in [-0.15, -0.1) is 0 Å². The Kier molecular flexibility index (Phi) is 21.1. The second kappa shape index (κ2) is 27.6. The molecule has 7 rings (SSSR count). The number of nitrogen functional groups attached to an aromatic ring is 1. The number of ether oxygens (including phenoxy) is 2. The summed E-state index contributed by atoms with van der Waals surface area (Å²) in [4.78, 5) is 199. The van der Waals surface area contributed by atoms with Crippen LogP contribution < -0.4 is 32.4 Å². The van der Waals surface area contributed by atoms with E-state index < -0.39 is 191 Å². The molecule has 6 N–H and O–H groups in total. The summed E-state index contributed by atoms with van der Waals surface area (Å²) in [5.74, 6) is -12.4. The number of likely N-dealkylation sites (N-methyl/N-ethyl adjacent to an activating group) is 4. The predicted molar refractivity (Wildman–Crippen MR) is 325 cm³/mol. The van der Waals surface area contributed by atoms with E-state index in [4.69, 9.17) is 24.6 Å². The zero-order valence-electron chi connectivity index (χ0n) is 54.1. The molecule has 1 aromatic rings. The van der Waals surface area contributed by atoms with Gasteiger partial charge in [-0.2, -0.15) is 0 Å². The largest absolute Gasteiger partial charge is 0.458 e. The maximum absolute atomic E-state index is 15.2. The van der Waals surface area contributed by atoms with Crippen molar-refractivity contribution in [3.63, 3.8) is 0 Å². The highest BCUT2D eigenvalue weighted by atomic mass is 16.6. The number of cyclic esters (lactones) is 2. The van der Waals surface area contributed by atoms with Crippen LogP contribution >= 0.6 is 0 Å². The first-order valence-corrected chi connectivity index (χ1v) is 30.5. The highest BCUT2D eigenvalue weighted by Gasteiger charge is 2.46. The fourth-order valence-corrected chi connectivity index (χ4v) is 12.3. The minimum absolute atomic E-state index is 0.0763. The van der Waals surface area contributed by atoms with E-state index in [1.165, 1.54) is 80.7 Å². The lowest BCUT2D eigenvalue weighted by Crippen LogP contribution is -2.61. The summed E-state index contributed by atoms with van der Waals surface area (Å²) in [6, 6.07) is -7.90. The number of aromatic nitrogens is 1. The molecule has 5 heterocycles. The number of fused-ring (bicyclic) bond motifs is 4. The first-order valence-electron chi connectivity index (χ1n) is 30.5. The number of anilines is 1. The first kappa shape index (κ1) is 68.8. The van der Waals surface area contributed by atoms with Crippen molar-refractivity contribution in [1.29, 1.82) is 0 Å². The van der Waals surface area contributed by atoms with Crippen molar-refractivity contribution in [2.75, 3.05) is 60.1 Å². The molecule has 0 radical (unpaired) electrons. The van der Waals surface area contributed by atoms with E-state index in [0.717, 1.165) is 9.80 Å². The van der Waals surface area contributed by atoms with E-state index >= 15 is 9.59 Å². The average molecular weight is 1260 g/mol. The Morgan fingerprint density at radius 3 is 1.44 bits per heavy atom.